The van der Waals surface area contributed by atoms with Crippen molar-refractivity contribution in [3.63, 3.8) is 0 Å². The molecule has 4 N–H and O–H groups in total. The highest BCUT2D eigenvalue weighted by atomic mass is 32.1. The van der Waals surface area contributed by atoms with Gasteiger partial charge in [-0.2, -0.15) is 9.36 Å². The van der Waals surface area contributed by atoms with Gasteiger partial charge in [0.05, 0.1) is 17.5 Å². The molecule has 0 unspecified atom stereocenters. The van der Waals surface area contributed by atoms with Gasteiger partial charge in [0.15, 0.2) is 0 Å². The summed E-state index contributed by atoms with van der Waals surface area (Å²) in [5.74, 6) is 7.53. The predicted octanol–water partition coefficient (Wildman–Crippen LogP) is 2.90. The first-order valence-electron chi connectivity index (χ1n) is 7.73. The minimum absolute atomic E-state index is 0.541. The summed E-state index contributed by atoms with van der Waals surface area (Å²) in [7, 11) is 0. The van der Waals surface area contributed by atoms with Crippen LogP contribution in [-0.2, 0) is 0 Å². The molecule has 6 nitrogen and oxygen atoms in total. The summed E-state index contributed by atoms with van der Waals surface area (Å²) in [6.07, 6.45) is 4.44. The zero-order chi connectivity index (χ0) is 16.5. The third kappa shape index (κ3) is 5.51. The van der Waals surface area contributed by atoms with Gasteiger partial charge in [0.2, 0.25) is 5.95 Å². The summed E-state index contributed by atoms with van der Waals surface area (Å²) in [5.41, 5.74) is 7.26. The number of nitrogens with two attached hydrogens (primary N) is 1. The van der Waals surface area contributed by atoms with Gasteiger partial charge in [-0.15, -0.1) is 0 Å². The van der Waals surface area contributed by atoms with Crippen LogP contribution in [0.15, 0.2) is 12.3 Å². The number of rotatable bonds is 7. The highest BCUT2D eigenvalue weighted by Gasteiger charge is 2.07. The summed E-state index contributed by atoms with van der Waals surface area (Å²) in [6, 6.07) is 1.97. The average Bonchev–Trinajstić information content (AvgIpc) is 2.96. The minimum Gasteiger partial charge on any atom is -0.369 e. The van der Waals surface area contributed by atoms with Crippen molar-refractivity contribution >= 4 is 28.3 Å². The van der Waals surface area contributed by atoms with E-state index in [2.05, 4.69) is 43.7 Å². The van der Waals surface area contributed by atoms with Gasteiger partial charge < -0.3 is 16.4 Å². The van der Waals surface area contributed by atoms with Gasteiger partial charge in [-0.3, -0.25) is 0 Å². The fourth-order valence-electron chi connectivity index (χ4n) is 1.79. The van der Waals surface area contributed by atoms with Crippen LogP contribution in [0, 0.1) is 18.8 Å². The van der Waals surface area contributed by atoms with Crippen molar-refractivity contribution in [1.29, 1.82) is 0 Å². The van der Waals surface area contributed by atoms with E-state index in [4.69, 9.17) is 5.73 Å². The second-order valence-corrected chi connectivity index (χ2v) is 5.84. The first-order chi connectivity index (χ1) is 11.2. The van der Waals surface area contributed by atoms with Gasteiger partial charge in [0.1, 0.15) is 10.8 Å². The Bertz CT molecular complexity index is 685. The SMILES string of the molecule is CCCNc1nc(Nc2cc(C)ns2)ncc1C#CCCCN. The van der Waals surface area contributed by atoms with Crippen molar-refractivity contribution in [1.82, 2.24) is 14.3 Å². The molecule has 0 saturated carbocycles. The fraction of sp³-hybridized carbons (Fsp3) is 0.438. The van der Waals surface area contributed by atoms with Gasteiger partial charge >= 0.3 is 0 Å². The molecule has 0 aliphatic rings. The molecule has 0 aromatic carbocycles. The van der Waals surface area contributed by atoms with Crippen molar-refractivity contribution in [3.8, 4) is 11.8 Å². The van der Waals surface area contributed by atoms with Crippen LogP contribution in [0.1, 0.15) is 37.4 Å². The molecule has 0 fully saturated rings. The van der Waals surface area contributed by atoms with Crippen LogP contribution in [0.4, 0.5) is 16.8 Å². The van der Waals surface area contributed by atoms with Crippen molar-refractivity contribution in [2.75, 3.05) is 23.7 Å². The quantitative estimate of drug-likeness (QED) is 0.534. The second kappa shape index (κ2) is 9.08. The maximum absolute atomic E-state index is 5.48. The standard InChI is InChI=1S/C16H22N6S/c1-3-9-18-15-13(7-5-4-6-8-17)11-19-16(21-15)20-14-10-12(2)22-23-14/h10-11H,3-4,6,8-9,17H2,1-2H3,(H2,18,19,20,21). The first-order valence-corrected chi connectivity index (χ1v) is 8.50. The largest absolute Gasteiger partial charge is 0.369 e. The molecule has 7 heteroatoms. The van der Waals surface area contributed by atoms with Crippen LogP contribution in [-0.4, -0.2) is 27.4 Å². The van der Waals surface area contributed by atoms with Gasteiger partial charge in [-0.25, -0.2) is 4.98 Å². The lowest BCUT2D eigenvalue weighted by Gasteiger charge is -2.08. The monoisotopic (exact) mass is 330 g/mol. The maximum atomic E-state index is 5.48. The Morgan fingerprint density at radius 1 is 1.39 bits per heavy atom. The molecule has 2 aromatic rings. The normalized spacial score (nSPS) is 10.0. The first kappa shape index (κ1) is 17.2. The summed E-state index contributed by atoms with van der Waals surface area (Å²) in [5, 5.41) is 7.40. The number of hydrogen-bond donors (Lipinski definition) is 3. The summed E-state index contributed by atoms with van der Waals surface area (Å²) < 4.78 is 4.24. The molecule has 2 aromatic heterocycles. The molecule has 122 valence electrons. The molecule has 2 heterocycles. The zero-order valence-electron chi connectivity index (χ0n) is 13.5. The fourth-order valence-corrected chi connectivity index (χ4v) is 2.45. The second-order valence-electron chi connectivity index (χ2n) is 5.03. The molecule has 0 saturated heterocycles. The van der Waals surface area contributed by atoms with Crippen LogP contribution in [0.2, 0.25) is 0 Å². The van der Waals surface area contributed by atoms with E-state index in [-0.39, 0.29) is 0 Å². The summed E-state index contributed by atoms with van der Waals surface area (Å²) in [6.45, 7) is 5.56. The molecule has 0 amide bonds. The smallest absolute Gasteiger partial charge is 0.229 e. The topological polar surface area (TPSA) is 88.8 Å². The summed E-state index contributed by atoms with van der Waals surface area (Å²) >= 11 is 1.39. The molecule has 0 bridgehead atoms. The summed E-state index contributed by atoms with van der Waals surface area (Å²) in [4.78, 5) is 8.87. The van der Waals surface area contributed by atoms with Crippen molar-refractivity contribution in [2.24, 2.45) is 5.73 Å². The maximum Gasteiger partial charge on any atom is 0.229 e. The van der Waals surface area contributed by atoms with Crippen LogP contribution in [0.5, 0.6) is 0 Å². The van der Waals surface area contributed by atoms with E-state index in [0.717, 1.165) is 47.9 Å². The van der Waals surface area contributed by atoms with Crippen LogP contribution < -0.4 is 16.4 Å². The Morgan fingerprint density at radius 3 is 2.96 bits per heavy atom. The predicted molar refractivity (Wildman–Crippen MR) is 96.1 cm³/mol. The molecule has 0 aliphatic heterocycles. The molecule has 2 rings (SSSR count). The van der Waals surface area contributed by atoms with Crippen molar-refractivity contribution < 1.29 is 0 Å². The van der Waals surface area contributed by atoms with Crippen molar-refractivity contribution in [2.45, 2.75) is 33.1 Å². The zero-order valence-corrected chi connectivity index (χ0v) is 14.3. The van der Waals surface area contributed by atoms with Gasteiger partial charge in [0.25, 0.3) is 0 Å². The molecule has 0 atom stereocenters. The lowest BCUT2D eigenvalue weighted by molar-refractivity contribution is 0.870. The molecular formula is C16H22N6S. The van der Waals surface area contributed by atoms with Crippen LogP contribution in [0.25, 0.3) is 0 Å². The number of anilines is 3. The van der Waals surface area contributed by atoms with Gasteiger partial charge in [0, 0.05) is 13.0 Å². The Kier molecular flexibility index (Phi) is 6.78. The number of hydrogen-bond acceptors (Lipinski definition) is 7. The molecule has 0 aliphatic carbocycles. The minimum atomic E-state index is 0.541. The van der Waals surface area contributed by atoms with E-state index in [1.54, 1.807) is 6.20 Å². The van der Waals surface area contributed by atoms with E-state index < -0.39 is 0 Å². The Morgan fingerprint density at radius 2 is 2.26 bits per heavy atom. The van der Waals surface area contributed by atoms with E-state index >= 15 is 0 Å². The Balaban J connectivity index is 2.16. The number of unbranched alkanes of at least 4 members (excludes halogenated alkanes) is 1. The lowest BCUT2D eigenvalue weighted by atomic mass is 10.2. The van der Waals surface area contributed by atoms with Gasteiger partial charge in [-0.05, 0) is 43.9 Å². The molecular weight excluding hydrogens is 308 g/mol. The van der Waals surface area contributed by atoms with E-state index in [0.29, 0.717) is 12.5 Å². The Labute approximate surface area is 141 Å². The third-order valence-electron chi connectivity index (χ3n) is 2.92. The van der Waals surface area contributed by atoms with E-state index in [1.165, 1.54) is 11.5 Å². The van der Waals surface area contributed by atoms with Crippen molar-refractivity contribution in [3.05, 3.63) is 23.5 Å². The number of aryl methyl sites for hydroxylation is 1. The number of nitrogens with one attached hydrogen (secondary N) is 2. The molecule has 23 heavy (non-hydrogen) atoms. The van der Waals surface area contributed by atoms with E-state index in [1.807, 2.05) is 13.0 Å². The Hall–Kier alpha value is -2.17. The van der Waals surface area contributed by atoms with Crippen LogP contribution >= 0.6 is 11.5 Å². The van der Waals surface area contributed by atoms with Crippen LogP contribution in [0.3, 0.4) is 0 Å². The highest BCUT2D eigenvalue weighted by Crippen LogP contribution is 2.21. The number of aromatic nitrogens is 3. The molecule has 0 spiro atoms. The molecule has 0 radical (unpaired) electrons. The highest BCUT2D eigenvalue weighted by molar-refractivity contribution is 7.10. The van der Waals surface area contributed by atoms with E-state index in [9.17, 15) is 0 Å². The van der Waals surface area contributed by atoms with Gasteiger partial charge in [-0.1, -0.05) is 18.8 Å². The number of nitrogens with zero attached hydrogens (tertiary/aromatic N) is 3. The lowest BCUT2D eigenvalue weighted by Crippen LogP contribution is -2.07. The average molecular weight is 330 g/mol. The third-order valence-corrected chi connectivity index (χ3v) is 3.72.